The molecule has 0 aliphatic carbocycles. The number of hydrogen-bond acceptors (Lipinski definition) is 6. The van der Waals surface area contributed by atoms with E-state index in [2.05, 4.69) is 361 Å². The first kappa shape index (κ1) is 81.6. The molecule has 128 heavy (non-hydrogen) atoms. The molecule has 0 fully saturated rings. The monoisotopic (exact) mass is 1870 g/mol. The van der Waals surface area contributed by atoms with E-state index in [0.29, 0.717) is 0 Å². The summed E-state index contributed by atoms with van der Waals surface area (Å²) in [4.78, 5) is 13.0. The molecule has 10 nitrogen and oxygen atoms in total. The molecule has 0 amide bonds. The molecule has 17 aromatic carbocycles. The topological polar surface area (TPSA) is 86.1 Å². The number of fused-ring (bicyclic) bond motifs is 14. The van der Waals surface area contributed by atoms with Crippen molar-refractivity contribution >= 4 is 170 Å². The van der Waals surface area contributed by atoms with Crippen LogP contribution in [-0.2, 0) is 20.1 Å². The number of rotatable bonds is 15. The number of para-hydroxylation sites is 10. The molecular weight excluding hydrogens is 1790 g/mol. The summed E-state index contributed by atoms with van der Waals surface area (Å²) < 4.78 is 26.6. The Labute approximate surface area is 771 Å². The Kier molecular flexibility index (Phi) is 23.2. The van der Waals surface area contributed by atoms with Crippen molar-refractivity contribution in [3.63, 3.8) is 0 Å². The molecule has 609 valence electrons. The second-order valence-electron chi connectivity index (χ2n) is 31.4. The zero-order valence-electron chi connectivity index (χ0n) is 69.9. The van der Waals surface area contributed by atoms with Crippen molar-refractivity contribution in [1.29, 1.82) is 0 Å². The fourth-order valence-corrected chi connectivity index (χ4v) is 23.8. The smallest absolute Gasteiger partial charge is 0.649 e. The van der Waals surface area contributed by atoms with Gasteiger partial charge in [0.1, 0.15) is 22.5 Å². The van der Waals surface area contributed by atoms with Gasteiger partial charge in [0.25, 0.3) is 0 Å². The molecule has 0 atom stereocenters. The number of aromatic nitrogens is 7. The van der Waals surface area contributed by atoms with Gasteiger partial charge < -0.3 is 34.6 Å². The minimum Gasteiger partial charge on any atom is -0.649 e. The molecule has 0 bridgehead atoms. The van der Waals surface area contributed by atoms with Gasteiger partial charge in [-0.3, -0.25) is 4.98 Å². The van der Waals surface area contributed by atoms with Crippen molar-refractivity contribution in [2.45, 2.75) is 6.92 Å². The van der Waals surface area contributed by atoms with Gasteiger partial charge in [0.2, 0.25) is 0 Å². The number of aryl methyl sites for hydroxylation is 1. The van der Waals surface area contributed by atoms with Crippen LogP contribution in [0.2, 0.25) is 0 Å². The second-order valence-corrected chi connectivity index (χ2v) is 36.1. The predicted molar refractivity (Wildman–Crippen MR) is 531 cm³/mol. The second kappa shape index (κ2) is 36.4. The van der Waals surface area contributed by atoms with Crippen molar-refractivity contribution in [1.82, 2.24) is 33.2 Å². The van der Waals surface area contributed by atoms with Gasteiger partial charge in [-0.1, -0.05) is 285 Å². The van der Waals surface area contributed by atoms with Crippen LogP contribution in [0.5, 0.6) is 17.2 Å². The van der Waals surface area contributed by atoms with E-state index in [-0.39, 0.29) is 20.1 Å². The number of hydrogen-bond donors (Lipinski definition) is 0. The standard InChI is InChI=1S/C72H48N4Si.C12H10O.C11H8N.C10H9NO.C9H7NO.2Al.Ir.H/c1-9-25-65-57(17-1)58-18-2-10-26-66(58)73(65)49-33-41-53(42-34-49)77(54-43-35-50(36-44-54)74-67-27-11-3-19-59(67)60-20-4-12-28-68(60)74,55-45-37-51(38-46-55)75-69-29-13-5-21-61(69)62-22-6-14-30-70(62)75)56-47-39-52(40-48-56)76-71-31-15-7-23-63(71)64-24-8-16-32-72(64)76;13-12-8-6-11(7-9-12)10-4-2-1-3-5-10;1-2-6-10(7-3-1)11-8-4-5-9-12-11;1-7-5-6-8-3-2-4-9(12)10(8)11-7;11-8-5-1-3-7-4-2-6-10-9(7)8;;;;/h1-48H;1-9,13H;1-6,8-9H;2-6,12H,1H3;1-6,11H;;;;/q;;-1;;;+1;+2;;/p-3. The first-order valence-electron chi connectivity index (χ1n) is 42.6. The van der Waals surface area contributed by atoms with E-state index in [1.165, 1.54) is 136 Å². The predicted octanol–water partition coefficient (Wildman–Crippen LogP) is 24.6. The fraction of sp³-hybridized carbons (Fsp3) is 0.00877. The summed E-state index contributed by atoms with van der Waals surface area (Å²) in [5.41, 5.74) is 21.3. The Bertz CT molecular complexity index is 7210. The molecule has 24 aromatic rings. The van der Waals surface area contributed by atoms with Crippen molar-refractivity contribution in [2.75, 3.05) is 0 Å². The molecule has 24 rings (SSSR count). The summed E-state index contributed by atoms with van der Waals surface area (Å²) in [6.45, 7) is 1.98. The Hall–Kier alpha value is -14.8. The van der Waals surface area contributed by atoms with Crippen LogP contribution in [0.1, 0.15) is 5.69 Å². The van der Waals surface area contributed by atoms with Gasteiger partial charge in [0.15, 0.2) is 8.07 Å². The van der Waals surface area contributed by atoms with Crippen LogP contribution in [0, 0.1) is 13.0 Å². The van der Waals surface area contributed by atoms with Gasteiger partial charge in [0, 0.05) is 115 Å². The number of benzene rings is 17. The van der Waals surface area contributed by atoms with Crippen LogP contribution in [-0.4, -0.2) is 73.8 Å². The van der Waals surface area contributed by atoms with E-state index < -0.39 is 24.0 Å². The number of pyridine rings is 3. The summed E-state index contributed by atoms with van der Waals surface area (Å²) in [7, 11) is -3.20. The van der Waals surface area contributed by atoms with Crippen molar-refractivity contribution < 1.29 is 31.5 Å². The molecular formula is C114H80Al2IrN7O3Si-. The van der Waals surface area contributed by atoms with Crippen LogP contribution >= 0.6 is 0 Å². The first-order valence-corrected chi connectivity index (χ1v) is 46.1. The van der Waals surface area contributed by atoms with E-state index >= 15 is 0 Å². The summed E-state index contributed by atoms with van der Waals surface area (Å²) in [5, 5.41) is 17.5. The van der Waals surface area contributed by atoms with E-state index in [9.17, 15) is 0 Å². The molecule has 0 N–H and O–H groups in total. The van der Waals surface area contributed by atoms with Crippen LogP contribution < -0.4 is 32.1 Å². The largest absolute Gasteiger partial charge is 0.881 e. The van der Waals surface area contributed by atoms with Crippen molar-refractivity contribution in [3.8, 4) is 62.4 Å². The summed E-state index contributed by atoms with van der Waals surface area (Å²) in [6, 6.07) is 164. The van der Waals surface area contributed by atoms with E-state index in [4.69, 9.17) is 11.4 Å². The van der Waals surface area contributed by atoms with Gasteiger partial charge in [0.05, 0.1) is 49.9 Å². The van der Waals surface area contributed by atoms with Gasteiger partial charge in [-0.2, -0.15) is 0 Å². The van der Waals surface area contributed by atoms with E-state index in [1.54, 1.807) is 12.4 Å². The minimum atomic E-state index is -3.20. The Morgan fingerprint density at radius 2 is 0.641 bits per heavy atom. The quantitative estimate of drug-likeness (QED) is 0.0577. The average molecular weight is 1870 g/mol. The summed E-state index contributed by atoms with van der Waals surface area (Å²) >= 11 is 0.801. The van der Waals surface area contributed by atoms with Crippen LogP contribution in [0.3, 0.4) is 0 Å². The van der Waals surface area contributed by atoms with Gasteiger partial charge >= 0.3 is 32.5 Å². The maximum atomic E-state index is 5.89. The third kappa shape index (κ3) is 15.5. The maximum absolute atomic E-state index is 5.89. The first-order chi connectivity index (χ1) is 62.9. The van der Waals surface area contributed by atoms with Crippen LogP contribution in [0.15, 0.2) is 461 Å². The van der Waals surface area contributed by atoms with E-state index in [1.807, 2.05) is 134 Å². The Morgan fingerprint density at radius 3 is 1.02 bits per heavy atom. The third-order valence-corrected chi connectivity index (χ3v) is 29.9. The normalized spacial score (nSPS) is 11.3. The fourth-order valence-electron chi connectivity index (χ4n) is 18.3. The SMILES string of the molecule is Cc1ccc2cccc([O][Al][O]c3ccc(-c4ccccc4)cc3)c2n1.[AlH][O]c1cccc2cccnc12.[Ir].[c-]1ccccc1-c1ccccn1.c1ccc2c(c1)c1ccccc1n2-c1ccc([Si](c2ccc(-n3c4ccccc4c4ccccc43)cc2)(c2ccc(-n3c4ccccc4c4ccccc43)cc2)c2ccc(-n3c4ccccc4c4ccccc43)cc2)cc1. The molecule has 0 unspecified atom stereocenters. The molecule has 0 saturated carbocycles. The zero-order valence-corrected chi connectivity index (χ0v) is 75.8. The van der Waals surface area contributed by atoms with Gasteiger partial charge in [-0.05, 0) is 184 Å². The Balaban J connectivity index is 0.000000162. The average Bonchev–Trinajstić information content (AvgIpc) is 0.992. The van der Waals surface area contributed by atoms with Crippen molar-refractivity contribution in [2.24, 2.45) is 0 Å². The number of nitrogens with zero attached hydrogens (tertiary/aromatic N) is 7. The Morgan fingerprint density at radius 1 is 0.289 bits per heavy atom. The van der Waals surface area contributed by atoms with Gasteiger partial charge in [-0.15, -0.1) is 35.9 Å². The molecule has 3 radical (unpaired) electrons. The molecule has 14 heteroatoms. The van der Waals surface area contributed by atoms with Crippen molar-refractivity contribution in [3.05, 3.63) is 473 Å². The van der Waals surface area contributed by atoms with E-state index in [0.717, 1.165) is 78.8 Å². The molecule has 0 spiro atoms. The molecule has 0 aliphatic rings. The molecule has 0 aliphatic heterocycles. The van der Waals surface area contributed by atoms with Crippen LogP contribution in [0.25, 0.3) is 154 Å². The molecule has 7 heterocycles. The van der Waals surface area contributed by atoms with Gasteiger partial charge in [-0.25, -0.2) is 4.98 Å². The third-order valence-electron chi connectivity index (χ3n) is 24.1. The summed E-state index contributed by atoms with van der Waals surface area (Å²) in [6.07, 6.45) is 3.56. The minimum absolute atomic E-state index is 0. The molecule has 7 aromatic heterocycles. The van der Waals surface area contributed by atoms with Crippen LogP contribution in [0.4, 0.5) is 0 Å². The zero-order chi connectivity index (χ0) is 85.0. The molecule has 0 saturated heterocycles. The summed E-state index contributed by atoms with van der Waals surface area (Å²) in [5.74, 6) is 2.41. The maximum Gasteiger partial charge on any atom is 0.881 e.